The molecule has 0 spiro atoms. The predicted octanol–water partition coefficient (Wildman–Crippen LogP) is 4.55. The molecule has 1 fully saturated rings. The molecule has 0 aliphatic carbocycles. The molecule has 3 heterocycles. The van der Waals surface area contributed by atoms with Crippen LogP contribution >= 0.6 is 11.3 Å². The largest absolute Gasteiger partial charge is 0.378 e. The van der Waals surface area contributed by atoms with Gasteiger partial charge in [0.1, 0.15) is 17.4 Å². The lowest BCUT2D eigenvalue weighted by Crippen LogP contribution is -2.36. The fraction of sp³-hybridized carbons (Fsp3) is 0.167. The van der Waals surface area contributed by atoms with Crippen LogP contribution in [0.5, 0.6) is 0 Å². The molecule has 1 saturated heterocycles. The maximum absolute atomic E-state index is 12.3. The Labute approximate surface area is 200 Å². The van der Waals surface area contributed by atoms with Crippen molar-refractivity contribution in [2.45, 2.75) is 0 Å². The van der Waals surface area contributed by atoms with Crippen LogP contribution in [-0.2, 0) is 4.74 Å². The summed E-state index contributed by atoms with van der Waals surface area (Å²) in [5.41, 5.74) is 3.60. The summed E-state index contributed by atoms with van der Waals surface area (Å²) < 4.78 is 5.48. The molecule has 3 N–H and O–H groups in total. The summed E-state index contributed by atoms with van der Waals surface area (Å²) in [7, 11) is 0. The normalized spacial score (nSPS) is 13.3. The van der Waals surface area contributed by atoms with Crippen molar-refractivity contribution in [1.29, 1.82) is 5.26 Å². The molecule has 2 aromatic heterocycles. The number of thiophene rings is 1. The number of H-pyrrole nitrogens is 1. The van der Waals surface area contributed by atoms with Crippen molar-refractivity contribution < 1.29 is 9.53 Å². The van der Waals surface area contributed by atoms with Crippen molar-refractivity contribution in [1.82, 2.24) is 15.2 Å². The fourth-order valence-corrected chi connectivity index (χ4v) is 5.08. The van der Waals surface area contributed by atoms with E-state index in [4.69, 9.17) is 4.74 Å². The van der Waals surface area contributed by atoms with E-state index >= 15 is 0 Å². The van der Waals surface area contributed by atoms with Crippen molar-refractivity contribution in [3.05, 3.63) is 66.5 Å². The topological polar surface area (TPSA) is 119 Å². The number of urea groups is 1. The first kappa shape index (κ1) is 21.6. The van der Waals surface area contributed by atoms with Crippen molar-refractivity contribution in [3.8, 4) is 27.9 Å². The molecule has 2 aromatic carbocycles. The third-order valence-electron chi connectivity index (χ3n) is 5.39. The number of aromatic amines is 1. The number of nitrogens with one attached hydrogen (secondary N) is 3. The smallest absolute Gasteiger partial charge is 0.323 e. The lowest BCUT2D eigenvalue weighted by molar-refractivity contribution is 0.123. The Morgan fingerprint density at radius 1 is 1.06 bits per heavy atom. The van der Waals surface area contributed by atoms with Gasteiger partial charge in [0, 0.05) is 30.0 Å². The van der Waals surface area contributed by atoms with Crippen LogP contribution in [-0.4, -0.2) is 47.5 Å². The first-order valence-corrected chi connectivity index (χ1v) is 11.5. The predicted molar refractivity (Wildman–Crippen MR) is 132 cm³/mol. The van der Waals surface area contributed by atoms with E-state index in [-0.39, 0.29) is 6.03 Å². The van der Waals surface area contributed by atoms with Gasteiger partial charge in [-0.15, -0.1) is 11.3 Å². The van der Waals surface area contributed by atoms with Gasteiger partial charge in [-0.25, -0.2) is 9.78 Å². The molecule has 0 unspecified atom stereocenters. The number of nitriles is 1. The molecule has 9 nitrogen and oxygen atoms in total. The summed E-state index contributed by atoms with van der Waals surface area (Å²) in [5.74, 6) is 0.612. The average molecular weight is 472 g/mol. The Balaban J connectivity index is 1.45. The molecule has 10 heteroatoms. The van der Waals surface area contributed by atoms with Gasteiger partial charge in [-0.05, 0) is 29.8 Å². The second kappa shape index (κ2) is 9.74. The minimum Gasteiger partial charge on any atom is -0.378 e. The summed E-state index contributed by atoms with van der Waals surface area (Å²) in [6.07, 6.45) is 1.46. The van der Waals surface area contributed by atoms with Crippen LogP contribution in [0.1, 0.15) is 5.56 Å². The molecule has 0 radical (unpaired) electrons. The van der Waals surface area contributed by atoms with Gasteiger partial charge in [-0.3, -0.25) is 5.10 Å². The van der Waals surface area contributed by atoms with Gasteiger partial charge in [0.05, 0.1) is 23.7 Å². The number of morpholine rings is 1. The summed E-state index contributed by atoms with van der Waals surface area (Å²) >= 11 is 1.52. The number of hydrogen-bond acceptors (Lipinski definition) is 7. The minimum absolute atomic E-state index is 0.329. The van der Waals surface area contributed by atoms with Crippen LogP contribution in [0.3, 0.4) is 0 Å². The zero-order valence-corrected chi connectivity index (χ0v) is 18.9. The molecule has 1 aliphatic heterocycles. The highest BCUT2D eigenvalue weighted by Crippen LogP contribution is 2.46. The minimum atomic E-state index is -0.329. The monoisotopic (exact) mass is 471 g/mol. The highest BCUT2D eigenvalue weighted by molar-refractivity contribution is 7.20. The Bertz CT molecular complexity index is 1310. The summed E-state index contributed by atoms with van der Waals surface area (Å²) in [6, 6.07) is 18.7. The van der Waals surface area contributed by atoms with Crippen LogP contribution in [0, 0.1) is 11.3 Å². The van der Waals surface area contributed by atoms with Crippen LogP contribution in [0.25, 0.3) is 21.8 Å². The molecular formula is C24H21N7O2S. The number of amides is 2. The van der Waals surface area contributed by atoms with Gasteiger partial charge >= 0.3 is 6.03 Å². The van der Waals surface area contributed by atoms with E-state index in [1.807, 2.05) is 54.6 Å². The van der Waals surface area contributed by atoms with Crippen LogP contribution in [0.2, 0.25) is 0 Å². The van der Waals surface area contributed by atoms with E-state index in [1.54, 1.807) is 0 Å². The third kappa shape index (κ3) is 4.47. The zero-order valence-electron chi connectivity index (χ0n) is 18.1. The van der Waals surface area contributed by atoms with Crippen LogP contribution < -0.4 is 15.5 Å². The number of benzene rings is 2. The van der Waals surface area contributed by atoms with Gasteiger partial charge in [-0.1, -0.05) is 30.3 Å². The number of carbonyl (C=O) groups is 1. The number of carbonyl (C=O) groups excluding carboxylic acids is 1. The molecule has 34 heavy (non-hydrogen) atoms. The SMILES string of the molecule is N#Cc1c(N2CCOCC2)sc(-c2ncn[nH]2)c1-c1ccc(NC(=O)Nc2ccccc2)cc1. The molecule has 5 rings (SSSR count). The van der Waals surface area contributed by atoms with Gasteiger partial charge in [0.25, 0.3) is 0 Å². The van der Waals surface area contributed by atoms with E-state index < -0.39 is 0 Å². The van der Waals surface area contributed by atoms with Gasteiger partial charge in [0.2, 0.25) is 0 Å². The molecule has 4 aromatic rings. The second-order valence-corrected chi connectivity index (χ2v) is 8.55. The molecule has 1 aliphatic rings. The second-order valence-electron chi connectivity index (χ2n) is 7.55. The van der Waals surface area contributed by atoms with Gasteiger partial charge in [0.15, 0.2) is 5.82 Å². The lowest BCUT2D eigenvalue weighted by atomic mass is 10.0. The molecule has 0 atom stereocenters. The standard InChI is InChI=1S/C24H21N7O2S/c25-14-19-20(21(22-26-15-27-30-22)34-23(19)31-10-12-33-13-11-31)16-6-8-18(9-7-16)29-24(32)28-17-4-2-1-3-5-17/h1-9,15H,10-13H2,(H,26,27,30)(H2,28,29,32). The average Bonchev–Trinajstić information content (AvgIpc) is 3.54. The number of aromatic nitrogens is 3. The maximum atomic E-state index is 12.3. The third-order valence-corrected chi connectivity index (χ3v) is 6.65. The molecule has 0 saturated carbocycles. The van der Waals surface area contributed by atoms with Crippen molar-refractivity contribution in [3.63, 3.8) is 0 Å². The number of hydrogen-bond donors (Lipinski definition) is 3. The van der Waals surface area contributed by atoms with Gasteiger partial charge in [-0.2, -0.15) is 10.4 Å². The Kier molecular flexibility index (Phi) is 6.20. The summed E-state index contributed by atoms with van der Waals surface area (Å²) in [4.78, 5) is 19.7. The Hall–Kier alpha value is -4.20. The van der Waals surface area contributed by atoms with E-state index in [2.05, 4.69) is 36.8 Å². The molecular weight excluding hydrogens is 450 g/mol. The Morgan fingerprint density at radius 2 is 1.76 bits per heavy atom. The van der Waals surface area contributed by atoms with E-state index in [0.29, 0.717) is 36.0 Å². The van der Waals surface area contributed by atoms with Crippen molar-refractivity contribution in [2.24, 2.45) is 0 Å². The molecule has 2 amide bonds. The van der Waals surface area contributed by atoms with Crippen molar-refractivity contribution >= 4 is 33.7 Å². The molecule has 0 bridgehead atoms. The van der Waals surface area contributed by atoms with Crippen LogP contribution in [0.15, 0.2) is 60.9 Å². The van der Waals surface area contributed by atoms with E-state index in [9.17, 15) is 10.1 Å². The first-order valence-electron chi connectivity index (χ1n) is 10.7. The van der Waals surface area contributed by atoms with E-state index in [0.717, 1.165) is 34.1 Å². The molecule has 170 valence electrons. The fourth-order valence-electron chi connectivity index (χ4n) is 3.80. The van der Waals surface area contributed by atoms with Gasteiger partial charge < -0.3 is 20.3 Å². The highest BCUT2D eigenvalue weighted by atomic mass is 32.1. The Morgan fingerprint density at radius 3 is 2.41 bits per heavy atom. The number of anilines is 3. The summed E-state index contributed by atoms with van der Waals surface area (Å²) in [5, 5.41) is 23.5. The van der Waals surface area contributed by atoms with Crippen molar-refractivity contribution in [2.75, 3.05) is 41.8 Å². The number of rotatable bonds is 5. The number of nitrogens with zero attached hydrogens (tertiary/aromatic N) is 4. The lowest BCUT2D eigenvalue weighted by Gasteiger charge is -2.27. The van der Waals surface area contributed by atoms with E-state index in [1.165, 1.54) is 17.7 Å². The number of para-hydroxylation sites is 1. The first-order chi connectivity index (χ1) is 16.7. The maximum Gasteiger partial charge on any atom is 0.323 e. The highest BCUT2D eigenvalue weighted by Gasteiger charge is 2.26. The van der Waals surface area contributed by atoms with Crippen LogP contribution in [0.4, 0.5) is 21.2 Å². The summed E-state index contributed by atoms with van der Waals surface area (Å²) in [6.45, 7) is 2.70. The quantitative estimate of drug-likeness (QED) is 0.393. The zero-order chi connectivity index (χ0) is 23.3. The number of ether oxygens (including phenoxy) is 1.